The summed E-state index contributed by atoms with van der Waals surface area (Å²) in [4.78, 5) is 16.5. The third-order valence-electron chi connectivity index (χ3n) is 2.76. The molecular formula is C15H15N3OS. The van der Waals surface area contributed by atoms with Crippen LogP contribution in [0.5, 0.6) is 0 Å². The molecule has 0 aliphatic heterocycles. The van der Waals surface area contributed by atoms with E-state index in [9.17, 15) is 4.79 Å². The predicted molar refractivity (Wildman–Crippen MR) is 83.6 cm³/mol. The molecule has 3 N–H and O–H groups in total. The van der Waals surface area contributed by atoms with Crippen LogP contribution in [0.2, 0.25) is 0 Å². The summed E-state index contributed by atoms with van der Waals surface area (Å²) in [5.74, 6) is 0.459. The van der Waals surface area contributed by atoms with E-state index in [-0.39, 0.29) is 12.3 Å². The number of thiocarbonyl (C=S) groups is 1. The first-order chi connectivity index (χ1) is 9.54. The predicted octanol–water partition coefficient (Wildman–Crippen LogP) is 2.21. The lowest BCUT2D eigenvalue weighted by Crippen LogP contribution is -2.15. The summed E-state index contributed by atoms with van der Waals surface area (Å²) >= 11 is 4.88. The van der Waals surface area contributed by atoms with Crippen LogP contribution in [0.4, 0.5) is 5.82 Å². The van der Waals surface area contributed by atoms with Crippen LogP contribution in [0.15, 0.2) is 42.5 Å². The molecule has 1 aromatic heterocycles. The van der Waals surface area contributed by atoms with Gasteiger partial charge in [0.2, 0.25) is 5.91 Å². The number of amides is 1. The number of pyridine rings is 1. The van der Waals surface area contributed by atoms with E-state index in [0.29, 0.717) is 10.8 Å². The van der Waals surface area contributed by atoms with Gasteiger partial charge in [0, 0.05) is 11.3 Å². The Kier molecular flexibility index (Phi) is 4.42. The Bertz CT molecular complexity index is 638. The SMILES string of the molecule is Cc1cccc(NC(=O)Cc2ccc(C(N)=S)cc2)n1. The lowest BCUT2D eigenvalue weighted by atomic mass is 10.1. The van der Waals surface area contributed by atoms with E-state index in [0.717, 1.165) is 16.8 Å². The van der Waals surface area contributed by atoms with E-state index in [1.807, 2.05) is 43.3 Å². The minimum Gasteiger partial charge on any atom is -0.389 e. The number of carbonyl (C=O) groups excluding carboxylic acids is 1. The van der Waals surface area contributed by atoms with Crippen molar-refractivity contribution in [2.24, 2.45) is 5.73 Å². The van der Waals surface area contributed by atoms with Crippen molar-refractivity contribution in [2.75, 3.05) is 5.32 Å². The van der Waals surface area contributed by atoms with E-state index in [4.69, 9.17) is 18.0 Å². The normalized spacial score (nSPS) is 10.1. The van der Waals surface area contributed by atoms with Gasteiger partial charge in [-0.25, -0.2) is 4.98 Å². The minimum atomic E-state index is -0.105. The smallest absolute Gasteiger partial charge is 0.229 e. The molecule has 5 heteroatoms. The number of hydrogen-bond acceptors (Lipinski definition) is 3. The first-order valence-electron chi connectivity index (χ1n) is 6.17. The van der Waals surface area contributed by atoms with Crippen LogP contribution < -0.4 is 11.1 Å². The van der Waals surface area contributed by atoms with Crippen molar-refractivity contribution in [3.05, 3.63) is 59.3 Å². The van der Waals surface area contributed by atoms with Crippen LogP contribution in [0.25, 0.3) is 0 Å². The monoisotopic (exact) mass is 285 g/mol. The molecule has 0 radical (unpaired) electrons. The van der Waals surface area contributed by atoms with Gasteiger partial charge in [-0.05, 0) is 24.6 Å². The second-order valence-electron chi connectivity index (χ2n) is 4.45. The molecule has 0 bridgehead atoms. The molecule has 0 saturated carbocycles. The van der Waals surface area contributed by atoms with Gasteiger partial charge in [0.1, 0.15) is 10.8 Å². The third-order valence-corrected chi connectivity index (χ3v) is 2.99. The van der Waals surface area contributed by atoms with Crippen molar-refractivity contribution >= 4 is 28.9 Å². The Hall–Kier alpha value is -2.27. The molecule has 20 heavy (non-hydrogen) atoms. The molecule has 2 aromatic rings. The van der Waals surface area contributed by atoms with Gasteiger partial charge < -0.3 is 11.1 Å². The summed E-state index contributed by atoms with van der Waals surface area (Å²) in [6.45, 7) is 1.88. The third kappa shape index (κ3) is 3.86. The van der Waals surface area contributed by atoms with Gasteiger partial charge in [-0.2, -0.15) is 0 Å². The molecule has 0 aliphatic rings. The van der Waals surface area contributed by atoms with E-state index < -0.39 is 0 Å². The number of anilines is 1. The number of nitrogens with two attached hydrogens (primary N) is 1. The highest BCUT2D eigenvalue weighted by molar-refractivity contribution is 7.80. The fraction of sp³-hybridized carbons (Fsp3) is 0.133. The average molecular weight is 285 g/mol. The maximum absolute atomic E-state index is 11.9. The largest absolute Gasteiger partial charge is 0.389 e. The Morgan fingerprint density at radius 3 is 2.55 bits per heavy atom. The zero-order valence-electron chi connectivity index (χ0n) is 11.1. The topological polar surface area (TPSA) is 68.0 Å². The Morgan fingerprint density at radius 1 is 1.25 bits per heavy atom. The van der Waals surface area contributed by atoms with Gasteiger partial charge in [0.25, 0.3) is 0 Å². The molecule has 1 aromatic carbocycles. The van der Waals surface area contributed by atoms with Crippen molar-refractivity contribution in [1.29, 1.82) is 0 Å². The van der Waals surface area contributed by atoms with Crippen LogP contribution in [-0.2, 0) is 11.2 Å². The van der Waals surface area contributed by atoms with Crippen molar-refractivity contribution < 1.29 is 4.79 Å². The number of rotatable bonds is 4. The molecule has 0 saturated heterocycles. The van der Waals surface area contributed by atoms with Crippen LogP contribution in [0.3, 0.4) is 0 Å². The molecule has 1 heterocycles. The van der Waals surface area contributed by atoms with Crippen molar-refractivity contribution in [3.8, 4) is 0 Å². The quantitative estimate of drug-likeness (QED) is 0.845. The number of benzene rings is 1. The van der Waals surface area contributed by atoms with Gasteiger partial charge in [-0.1, -0.05) is 42.5 Å². The summed E-state index contributed by atoms with van der Waals surface area (Å²) in [5.41, 5.74) is 8.08. The summed E-state index contributed by atoms with van der Waals surface area (Å²) in [7, 11) is 0. The summed E-state index contributed by atoms with van der Waals surface area (Å²) < 4.78 is 0. The van der Waals surface area contributed by atoms with Crippen LogP contribution in [0, 0.1) is 6.92 Å². The highest BCUT2D eigenvalue weighted by atomic mass is 32.1. The van der Waals surface area contributed by atoms with E-state index in [1.54, 1.807) is 6.07 Å². The molecule has 2 rings (SSSR count). The Labute approximate surface area is 123 Å². The number of carbonyl (C=O) groups is 1. The number of aromatic nitrogens is 1. The Balaban J connectivity index is 1.99. The van der Waals surface area contributed by atoms with Crippen molar-refractivity contribution in [1.82, 2.24) is 4.98 Å². The highest BCUT2D eigenvalue weighted by Gasteiger charge is 2.05. The Morgan fingerprint density at radius 2 is 1.95 bits per heavy atom. The van der Waals surface area contributed by atoms with Gasteiger partial charge in [0.05, 0.1) is 6.42 Å². The van der Waals surface area contributed by atoms with E-state index in [1.165, 1.54) is 0 Å². The van der Waals surface area contributed by atoms with Gasteiger partial charge >= 0.3 is 0 Å². The molecule has 0 unspecified atom stereocenters. The number of aryl methyl sites for hydroxylation is 1. The lowest BCUT2D eigenvalue weighted by Gasteiger charge is -2.06. The van der Waals surface area contributed by atoms with Crippen molar-refractivity contribution in [3.63, 3.8) is 0 Å². The fourth-order valence-electron chi connectivity index (χ4n) is 1.77. The summed E-state index contributed by atoms with van der Waals surface area (Å²) in [6, 6.07) is 12.8. The summed E-state index contributed by atoms with van der Waals surface area (Å²) in [6.07, 6.45) is 0.285. The van der Waals surface area contributed by atoms with Crippen LogP contribution in [0.1, 0.15) is 16.8 Å². The van der Waals surface area contributed by atoms with Crippen LogP contribution >= 0.6 is 12.2 Å². The maximum atomic E-state index is 11.9. The molecule has 1 amide bonds. The zero-order valence-corrected chi connectivity index (χ0v) is 11.9. The zero-order chi connectivity index (χ0) is 14.5. The molecule has 0 aliphatic carbocycles. The fourth-order valence-corrected chi connectivity index (χ4v) is 1.91. The molecule has 4 nitrogen and oxygen atoms in total. The first-order valence-corrected chi connectivity index (χ1v) is 6.57. The minimum absolute atomic E-state index is 0.105. The highest BCUT2D eigenvalue weighted by Crippen LogP contribution is 2.08. The van der Waals surface area contributed by atoms with E-state index >= 15 is 0 Å². The van der Waals surface area contributed by atoms with E-state index in [2.05, 4.69) is 10.3 Å². The summed E-state index contributed by atoms with van der Waals surface area (Å²) in [5, 5.41) is 2.77. The molecule has 102 valence electrons. The standard InChI is InChI=1S/C15H15N3OS/c1-10-3-2-4-13(17-10)18-14(19)9-11-5-7-12(8-6-11)15(16)20/h2-8H,9H2,1H3,(H2,16,20)(H,17,18,19). The number of hydrogen-bond donors (Lipinski definition) is 2. The maximum Gasteiger partial charge on any atom is 0.229 e. The van der Waals surface area contributed by atoms with Gasteiger partial charge in [0.15, 0.2) is 0 Å². The van der Waals surface area contributed by atoms with Gasteiger partial charge in [-0.3, -0.25) is 4.79 Å². The number of nitrogens with zero attached hydrogens (tertiary/aromatic N) is 1. The lowest BCUT2D eigenvalue weighted by molar-refractivity contribution is -0.115. The van der Waals surface area contributed by atoms with Gasteiger partial charge in [-0.15, -0.1) is 0 Å². The first kappa shape index (κ1) is 14.1. The second-order valence-corrected chi connectivity index (χ2v) is 4.89. The average Bonchev–Trinajstić information content (AvgIpc) is 2.39. The van der Waals surface area contributed by atoms with Crippen molar-refractivity contribution in [2.45, 2.75) is 13.3 Å². The molecular weight excluding hydrogens is 270 g/mol. The molecule has 0 fully saturated rings. The second kappa shape index (κ2) is 6.25. The van der Waals surface area contributed by atoms with Crippen LogP contribution in [-0.4, -0.2) is 15.9 Å². The molecule has 0 atom stereocenters. The molecule has 0 spiro atoms. The number of nitrogens with one attached hydrogen (secondary N) is 1.